The largest absolute Gasteiger partial charge is 0.481 e. The van der Waals surface area contributed by atoms with Crippen molar-refractivity contribution in [1.82, 2.24) is 15.0 Å². The predicted octanol–water partition coefficient (Wildman–Crippen LogP) is 2.08. The first-order valence-electron chi connectivity index (χ1n) is 4.76. The van der Waals surface area contributed by atoms with Crippen LogP contribution in [0.2, 0.25) is 5.15 Å². The van der Waals surface area contributed by atoms with Crippen molar-refractivity contribution in [2.45, 2.75) is 12.8 Å². The molecule has 0 saturated heterocycles. The quantitative estimate of drug-likeness (QED) is 0.764. The number of halogens is 1. The van der Waals surface area contributed by atoms with Crippen molar-refractivity contribution >= 4 is 17.6 Å². The Hall–Kier alpha value is -1.75. The topological polar surface area (TPSA) is 81.8 Å². The molecule has 2 rings (SSSR count). The van der Waals surface area contributed by atoms with Crippen molar-refractivity contribution in [3.63, 3.8) is 0 Å². The molecular formula is C10H10ClN3O2. The number of hydrogen-bond acceptors (Lipinski definition) is 2. The number of nitrogens with one attached hydrogen (secondary N) is 2. The van der Waals surface area contributed by atoms with Gasteiger partial charge in [-0.1, -0.05) is 11.6 Å². The number of nitrogens with zero attached hydrogens (tertiary/aromatic N) is 1. The van der Waals surface area contributed by atoms with Gasteiger partial charge >= 0.3 is 5.97 Å². The van der Waals surface area contributed by atoms with Gasteiger partial charge < -0.3 is 15.1 Å². The molecule has 0 atom stereocenters. The maximum absolute atomic E-state index is 10.4. The second kappa shape index (κ2) is 4.40. The highest BCUT2D eigenvalue weighted by Gasteiger charge is 2.11. The summed E-state index contributed by atoms with van der Waals surface area (Å²) in [4.78, 5) is 20.4. The number of aryl methyl sites for hydroxylation is 1. The Labute approximate surface area is 96.5 Å². The van der Waals surface area contributed by atoms with Crippen LogP contribution in [0.25, 0.3) is 11.3 Å². The summed E-state index contributed by atoms with van der Waals surface area (Å²) in [5, 5.41) is 8.99. The molecule has 0 aliphatic rings. The molecule has 2 aromatic rings. The third-order valence-corrected chi connectivity index (χ3v) is 2.43. The Bertz CT molecular complexity index is 490. The molecule has 0 aliphatic carbocycles. The Balaban J connectivity index is 2.19. The van der Waals surface area contributed by atoms with E-state index < -0.39 is 5.97 Å². The normalized spacial score (nSPS) is 10.6. The summed E-state index contributed by atoms with van der Waals surface area (Å²) in [5.41, 5.74) is 1.52. The van der Waals surface area contributed by atoms with E-state index in [0.29, 0.717) is 23.1 Å². The van der Waals surface area contributed by atoms with Crippen molar-refractivity contribution in [3.05, 3.63) is 29.4 Å². The van der Waals surface area contributed by atoms with E-state index in [4.69, 9.17) is 16.7 Å². The summed E-state index contributed by atoms with van der Waals surface area (Å²) in [7, 11) is 0. The molecule has 84 valence electrons. The van der Waals surface area contributed by atoms with Crippen LogP contribution in [0.4, 0.5) is 0 Å². The first-order chi connectivity index (χ1) is 7.66. The lowest BCUT2D eigenvalue weighted by Crippen LogP contribution is -1.98. The van der Waals surface area contributed by atoms with Crippen molar-refractivity contribution in [2.24, 2.45) is 0 Å². The Morgan fingerprint density at radius 2 is 2.38 bits per heavy atom. The lowest BCUT2D eigenvalue weighted by Gasteiger charge is -1.91. The Morgan fingerprint density at radius 1 is 1.56 bits per heavy atom. The van der Waals surface area contributed by atoms with E-state index in [2.05, 4.69) is 15.0 Å². The van der Waals surface area contributed by atoms with Gasteiger partial charge in [0.05, 0.1) is 6.42 Å². The van der Waals surface area contributed by atoms with Gasteiger partial charge in [-0.25, -0.2) is 4.98 Å². The molecular weight excluding hydrogens is 230 g/mol. The highest BCUT2D eigenvalue weighted by atomic mass is 35.5. The first-order valence-corrected chi connectivity index (χ1v) is 5.14. The minimum absolute atomic E-state index is 0.0381. The second-order valence-electron chi connectivity index (χ2n) is 3.34. The van der Waals surface area contributed by atoms with Crippen molar-refractivity contribution < 1.29 is 9.90 Å². The van der Waals surface area contributed by atoms with Crippen LogP contribution in [0.5, 0.6) is 0 Å². The number of carbonyl (C=O) groups is 1. The molecule has 16 heavy (non-hydrogen) atoms. The van der Waals surface area contributed by atoms with Crippen LogP contribution in [0.3, 0.4) is 0 Å². The molecule has 2 heterocycles. The van der Waals surface area contributed by atoms with Gasteiger partial charge in [-0.3, -0.25) is 4.79 Å². The zero-order valence-electron chi connectivity index (χ0n) is 8.33. The molecule has 3 N–H and O–H groups in total. The number of imidazole rings is 1. The summed E-state index contributed by atoms with van der Waals surface area (Å²) >= 11 is 5.97. The minimum atomic E-state index is -0.851. The Kier molecular flexibility index (Phi) is 2.96. The highest BCUT2D eigenvalue weighted by molar-refractivity contribution is 6.31. The molecule has 0 spiro atoms. The SMILES string of the molecule is O=C(O)CCc1nc(-c2cc[nH]c2)c(Cl)[nH]1. The average molecular weight is 240 g/mol. The average Bonchev–Trinajstić information content (AvgIpc) is 2.83. The van der Waals surface area contributed by atoms with Crippen LogP contribution in [-0.2, 0) is 11.2 Å². The highest BCUT2D eigenvalue weighted by Crippen LogP contribution is 2.25. The fourth-order valence-corrected chi connectivity index (χ4v) is 1.66. The maximum atomic E-state index is 10.4. The van der Waals surface area contributed by atoms with Crippen LogP contribution in [-0.4, -0.2) is 26.0 Å². The van der Waals surface area contributed by atoms with Crippen LogP contribution in [0, 0.1) is 0 Å². The fraction of sp³-hybridized carbons (Fsp3) is 0.200. The van der Waals surface area contributed by atoms with Gasteiger partial charge in [0.25, 0.3) is 0 Å². The molecule has 5 nitrogen and oxygen atoms in total. The van der Waals surface area contributed by atoms with E-state index in [-0.39, 0.29) is 6.42 Å². The summed E-state index contributed by atoms with van der Waals surface area (Å²) in [6.07, 6.45) is 3.94. The number of aromatic nitrogens is 3. The van der Waals surface area contributed by atoms with Gasteiger partial charge in [0.15, 0.2) is 0 Å². The van der Waals surface area contributed by atoms with Gasteiger partial charge in [0.2, 0.25) is 0 Å². The van der Waals surface area contributed by atoms with E-state index in [1.807, 2.05) is 6.07 Å². The zero-order valence-corrected chi connectivity index (χ0v) is 9.08. The van der Waals surface area contributed by atoms with Crippen molar-refractivity contribution in [1.29, 1.82) is 0 Å². The molecule has 0 amide bonds. The smallest absolute Gasteiger partial charge is 0.303 e. The molecule has 0 saturated carbocycles. The monoisotopic (exact) mass is 239 g/mol. The summed E-state index contributed by atoms with van der Waals surface area (Å²) in [5.74, 6) is -0.265. The van der Waals surface area contributed by atoms with Crippen LogP contribution in [0.15, 0.2) is 18.5 Å². The molecule has 0 radical (unpaired) electrons. The molecule has 0 unspecified atom stereocenters. The van der Waals surface area contributed by atoms with Gasteiger partial charge in [0, 0.05) is 24.4 Å². The van der Waals surface area contributed by atoms with Crippen LogP contribution >= 0.6 is 11.6 Å². The number of carboxylic acids is 1. The summed E-state index contributed by atoms with van der Waals surface area (Å²) in [6, 6.07) is 1.85. The van der Waals surface area contributed by atoms with Crippen molar-refractivity contribution in [2.75, 3.05) is 0 Å². The maximum Gasteiger partial charge on any atom is 0.303 e. The molecule has 0 aliphatic heterocycles. The molecule has 2 aromatic heterocycles. The third kappa shape index (κ3) is 2.25. The predicted molar refractivity (Wildman–Crippen MR) is 59.3 cm³/mol. The lowest BCUT2D eigenvalue weighted by molar-refractivity contribution is -0.137. The van der Waals surface area contributed by atoms with Crippen molar-refractivity contribution in [3.8, 4) is 11.3 Å². The lowest BCUT2D eigenvalue weighted by atomic mass is 10.3. The number of aromatic amines is 2. The molecule has 0 fully saturated rings. The fourth-order valence-electron chi connectivity index (χ4n) is 1.40. The number of H-pyrrole nitrogens is 2. The van der Waals surface area contributed by atoms with Crippen LogP contribution in [0.1, 0.15) is 12.2 Å². The van der Waals surface area contributed by atoms with Gasteiger partial charge in [0.1, 0.15) is 16.7 Å². The summed E-state index contributed by atoms with van der Waals surface area (Å²) < 4.78 is 0. The number of rotatable bonds is 4. The van der Waals surface area contributed by atoms with E-state index in [1.54, 1.807) is 12.4 Å². The third-order valence-electron chi connectivity index (χ3n) is 2.16. The van der Waals surface area contributed by atoms with Gasteiger partial charge in [-0.05, 0) is 6.07 Å². The van der Waals surface area contributed by atoms with E-state index >= 15 is 0 Å². The molecule has 0 aromatic carbocycles. The van der Waals surface area contributed by atoms with Gasteiger partial charge in [-0.2, -0.15) is 0 Å². The number of hydrogen-bond donors (Lipinski definition) is 3. The number of carboxylic acid groups (broad SMARTS) is 1. The number of aliphatic carboxylic acids is 1. The minimum Gasteiger partial charge on any atom is -0.481 e. The van der Waals surface area contributed by atoms with E-state index in [0.717, 1.165) is 5.56 Å². The summed E-state index contributed by atoms with van der Waals surface area (Å²) in [6.45, 7) is 0. The molecule has 0 bridgehead atoms. The van der Waals surface area contributed by atoms with Crippen LogP contribution < -0.4 is 0 Å². The standard InChI is InChI=1S/C10H10ClN3O2/c11-10-9(6-3-4-12-5-6)13-7(14-10)1-2-8(15)16/h3-5,12H,1-2H2,(H,13,14)(H,15,16). The zero-order chi connectivity index (χ0) is 11.5. The Morgan fingerprint density at radius 3 is 3.00 bits per heavy atom. The van der Waals surface area contributed by atoms with E-state index in [9.17, 15) is 4.79 Å². The van der Waals surface area contributed by atoms with Gasteiger partial charge in [-0.15, -0.1) is 0 Å². The second-order valence-corrected chi connectivity index (χ2v) is 3.72. The molecule has 6 heteroatoms. The first kappa shape index (κ1) is 10.8. The van der Waals surface area contributed by atoms with E-state index in [1.165, 1.54) is 0 Å².